The summed E-state index contributed by atoms with van der Waals surface area (Å²) in [5, 5.41) is 2.72. The summed E-state index contributed by atoms with van der Waals surface area (Å²) in [7, 11) is 0. The van der Waals surface area contributed by atoms with E-state index < -0.39 is 29.4 Å². The zero-order valence-corrected chi connectivity index (χ0v) is 16.4. The molecule has 3 N–H and O–H groups in total. The number of ether oxygens (including phenoxy) is 3. The van der Waals surface area contributed by atoms with Crippen LogP contribution in [0.15, 0.2) is 59.7 Å². The molecule has 1 aromatic carbocycles. The minimum Gasteiger partial charge on any atom is -0.459 e. The first-order valence-electron chi connectivity index (χ1n) is 9.04. The fourth-order valence-electron chi connectivity index (χ4n) is 3.63. The Hall–Kier alpha value is -3.55. The average Bonchev–Trinajstić information content (AvgIpc) is 2.91. The van der Waals surface area contributed by atoms with Crippen molar-refractivity contribution in [1.82, 2.24) is 0 Å². The lowest BCUT2D eigenvalue weighted by molar-refractivity contribution is -0.145. The van der Waals surface area contributed by atoms with Gasteiger partial charge in [0.2, 0.25) is 11.8 Å². The molecule has 3 rings (SSSR count). The van der Waals surface area contributed by atoms with E-state index in [-0.39, 0.29) is 29.4 Å². The van der Waals surface area contributed by atoms with Gasteiger partial charge in [-0.2, -0.15) is 0 Å². The highest BCUT2D eigenvalue weighted by Gasteiger charge is 2.61. The molecule has 0 aromatic heterocycles. The van der Waals surface area contributed by atoms with Gasteiger partial charge in [-0.25, -0.2) is 9.59 Å². The lowest BCUT2D eigenvalue weighted by Gasteiger charge is -2.35. The molecule has 8 nitrogen and oxygen atoms in total. The van der Waals surface area contributed by atoms with Crippen molar-refractivity contribution in [3.05, 3.63) is 65.3 Å². The minimum absolute atomic E-state index is 0.0597. The third kappa shape index (κ3) is 3.06. The van der Waals surface area contributed by atoms with Gasteiger partial charge in [-0.1, -0.05) is 30.9 Å². The molecule has 1 amide bonds. The second-order valence-corrected chi connectivity index (χ2v) is 6.86. The van der Waals surface area contributed by atoms with Gasteiger partial charge in [0.25, 0.3) is 0 Å². The predicted octanol–water partition coefficient (Wildman–Crippen LogP) is 2.03. The van der Waals surface area contributed by atoms with Crippen LogP contribution in [0.25, 0.3) is 0 Å². The predicted molar refractivity (Wildman–Crippen MR) is 104 cm³/mol. The number of para-hydroxylation sites is 1. The Kier molecular flexibility index (Phi) is 5.19. The van der Waals surface area contributed by atoms with Gasteiger partial charge in [0.1, 0.15) is 28.9 Å². The largest absolute Gasteiger partial charge is 0.459 e. The molecule has 29 heavy (non-hydrogen) atoms. The number of hydrogen-bond donors (Lipinski definition) is 2. The fraction of sp³-hybridized carbons (Fsp3) is 0.286. The molecule has 0 saturated heterocycles. The number of carbonyl (C=O) groups excluding carboxylic acids is 3. The first-order valence-corrected chi connectivity index (χ1v) is 9.04. The highest BCUT2D eigenvalue weighted by molar-refractivity contribution is 6.21. The molecule has 2 heterocycles. The molecule has 0 aliphatic carbocycles. The van der Waals surface area contributed by atoms with Gasteiger partial charge in [-0.05, 0) is 26.8 Å². The maximum Gasteiger partial charge on any atom is 0.341 e. The number of allylic oxidation sites excluding steroid dienone is 1. The van der Waals surface area contributed by atoms with Crippen LogP contribution in [-0.2, 0) is 34.0 Å². The van der Waals surface area contributed by atoms with Crippen LogP contribution < -0.4 is 11.1 Å². The first kappa shape index (κ1) is 20.2. The van der Waals surface area contributed by atoms with E-state index in [1.54, 1.807) is 38.1 Å². The maximum atomic E-state index is 13.4. The first-order chi connectivity index (χ1) is 13.7. The Labute approximate surface area is 168 Å². The summed E-state index contributed by atoms with van der Waals surface area (Å²) in [5.41, 5.74) is 4.64. The second-order valence-electron chi connectivity index (χ2n) is 6.86. The molecule has 0 radical (unpaired) electrons. The monoisotopic (exact) mass is 398 g/mol. The highest BCUT2D eigenvalue weighted by Crippen LogP contribution is 2.52. The molecule has 8 heteroatoms. The van der Waals surface area contributed by atoms with Crippen LogP contribution in [0.1, 0.15) is 26.3 Å². The molecule has 0 bridgehead atoms. The van der Waals surface area contributed by atoms with E-state index in [4.69, 9.17) is 19.9 Å². The van der Waals surface area contributed by atoms with Gasteiger partial charge in [0.05, 0.1) is 6.10 Å². The number of nitrogens with two attached hydrogens (primary N) is 1. The van der Waals surface area contributed by atoms with E-state index in [0.717, 1.165) is 0 Å². The summed E-state index contributed by atoms with van der Waals surface area (Å²) in [6, 6.07) is 6.73. The van der Waals surface area contributed by atoms with Crippen LogP contribution in [0, 0.1) is 0 Å². The molecule has 2 aliphatic rings. The lowest BCUT2D eigenvalue weighted by atomic mass is 9.67. The van der Waals surface area contributed by atoms with Crippen molar-refractivity contribution >= 4 is 23.5 Å². The van der Waals surface area contributed by atoms with E-state index >= 15 is 0 Å². The molecule has 1 aromatic rings. The molecule has 1 atom stereocenters. The molecule has 2 aliphatic heterocycles. The number of hydrogen-bond acceptors (Lipinski definition) is 7. The van der Waals surface area contributed by atoms with Gasteiger partial charge in [-0.15, -0.1) is 0 Å². The van der Waals surface area contributed by atoms with Crippen LogP contribution in [0.4, 0.5) is 5.69 Å². The SMILES string of the molecule is C=CCOC(=O)C1=C(C)OC(N)=C(C(=O)OC(C)C)[C@]12C(=O)Nc1ccccc12. The Morgan fingerprint density at radius 1 is 1.28 bits per heavy atom. The van der Waals surface area contributed by atoms with E-state index in [1.807, 2.05) is 0 Å². The smallest absolute Gasteiger partial charge is 0.341 e. The fourth-order valence-corrected chi connectivity index (χ4v) is 3.63. The molecule has 0 saturated carbocycles. The van der Waals surface area contributed by atoms with Gasteiger partial charge < -0.3 is 25.3 Å². The van der Waals surface area contributed by atoms with Crippen molar-refractivity contribution < 1.29 is 28.6 Å². The Balaban J connectivity index is 2.32. The zero-order valence-electron chi connectivity index (χ0n) is 16.4. The standard InChI is InChI=1S/C21H22N2O6/c1-5-10-27-18(24)15-12(4)29-17(22)16(19(25)28-11(2)3)21(15)13-8-6-7-9-14(13)23-20(21)26/h5-9,11H,1,10,22H2,2-4H3,(H,23,26)/t21-/m1/s1. The van der Waals surface area contributed by atoms with Crippen molar-refractivity contribution in [1.29, 1.82) is 0 Å². The van der Waals surface area contributed by atoms with E-state index in [2.05, 4.69) is 11.9 Å². The minimum atomic E-state index is -1.85. The summed E-state index contributed by atoms with van der Waals surface area (Å²) < 4.78 is 16.0. The third-order valence-electron chi connectivity index (χ3n) is 4.61. The summed E-state index contributed by atoms with van der Waals surface area (Å²) >= 11 is 0. The number of rotatable bonds is 5. The van der Waals surface area contributed by atoms with Crippen LogP contribution in [-0.4, -0.2) is 30.6 Å². The summed E-state index contributed by atoms with van der Waals surface area (Å²) in [6.07, 6.45) is 0.910. The van der Waals surface area contributed by atoms with Crippen LogP contribution in [0.2, 0.25) is 0 Å². The van der Waals surface area contributed by atoms with Crippen molar-refractivity contribution in [2.45, 2.75) is 32.3 Å². The second kappa shape index (κ2) is 7.46. The third-order valence-corrected chi connectivity index (χ3v) is 4.61. The van der Waals surface area contributed by atoms with Crippen molar-refractivity contribution in [2.24, 2.45) is 5.73 Å². The summed E-state index contributed by atoms with van der Waals surface area (Å²) in [5.74, 6) is -2.54. The van der Waals surface area contributed by atoms with Gasteiger partial charge in [0, 0.05) is 11.3 Å². The Morgan fingerprint density at radius 2 is 1.97 bits per heavy atom. The van der Waals surface area contributed by atoms with Crippen molar-refractivity contribution in [3.63, 3.8) is 0 Å². The Morgan fingerprint density at radius 3 is 2.62 bits per heavy atom. The number of benzene rings is 1. The number of nitrogens with one attached hydrogen (secondary N) is 1. The topological polar surface area (TPSA) is 117 Å². The molecular formula is C21H22N2O6. The summed E-state index contributed by atoms with van der Waals surface area (Å²) in [4.78, 5) is 39.4. The van der Waals surface area contributed by atoms with E-state index in [9.17, 15) is 14.4 Å². The highest BCUT2D eigenvalue weighted by atomic mass is 16.6. The number of fused-ring (bicyclic) bond motifs is 2. The van der Waals surface area contributed by atoms with E-state index in [1.165, 1.54) is 13.0 Å². The molecule has 1 spiro atoms. The zero-order chi connectivity index (χ0) is 21.3. The average molecular weight is 398 g/mol. The van der Waals surface area contributed by atoms with Crippen LogP contribution >= 0.6 is 0 Å². The molecular weight excluding hydrogens is 376 g/mol. The molecule has 0 unspecified atom stereocenters. The van der Waals surface area contributed by atoms with E-state index in [0.29, 0.717) is 11.3 Å². The molecule has 0 fully saturated rings. The van der Waals surface area contributed by atoms with Crippen LogP contribution in [0.5, 0.6) is 0 Å². The van der Waals surface area contributed by atoms with Crippen LogP contribution in [0.3, 0.4) is 0 Å². The number of esters is 2. The van der Waals surface area contributed by atoms with Gasteiger partial charge >= 0.3 is 11.9 Å². The Bertz CT molecular complexity index is 975. The quantitative estimate of drug-likeness (QED) is 0.576. The molecule has 152 valence electrons. The van der Waals surface area contributed by atoms with Gasteiger partial charge in [-0.3, -0.25) is 4.79 Å². The van der Waals surface area contributed by atoms with Crippen molar-refractivity contribution in [2.75, 3.05) is 11.9 Å². The van der Waals surface area contributed by atoms with Gasteiger partial charge in [0.15, 0.2) is 0 Å². The lowest BCUT2D eigenvalue weighted by Crippen LogP contribution is -2.48. The maximum absolute atomic E-state index is 13.4. The number of carbonyl (C=O) groups is 3. The number of amides is 1. The van der Waals surface area contributed by atoms with Crippen molar-refractivity contribution in [3.8, 4) is 0 Å². The number of anilines is 1. The normalized spacial score (nSPS) is 20.3. The summed E-state index contributed by atoms with van der Waals surface area (Å²) in [6.45, 7) is 8.24.